The molecule has 1 amide bonds. The lowest BCUT2D eigenvalue weighted by molar-refractivity contribution is -0.121. The van der Waals surface area contributed by atoms with E-state index in [1.807, 2.05) is 11.7 Å². The third-order valence-corrected chi connectivity index (χ3v) is 3.31. The Morgan fingerprint density at radius 3 is 3.40 bits per heavy atom. The Kier molecular flexibility index (Phi) is 3.69. The molecule has 1 saturated heterocycles. The van der Waals surface area contributed by atoms with Crippen LogP contribution in [0.5, 0.6) is 0 Å². The van der Waals surface area contributed by atoms with Gasteiger partial charge in [-0.1, -0.05) is 0 Å². The van der Waals surface area contributed by atoms with Crippen molar-refractivity contribution >= 4 is 17.2 Å². The van der Waals surface area contributed by atoms with Crippen molar-refractivity contribution in [1.82, 2.24) is 15.6 Å². The Bertz CT molecular complexity index is 312. The van der Waals surface area contributed by atoms with E-state index in [0.29, 0.717) is 12.5 Å². The number of amides is 1. The molecule has 1 unspecified atom stereocenters. The quantitative estimate of drug-likeness (QED) is 0.803. The van der Waals surface area contributed by atoms with Crippen molar-refractivity contribution in [2.24, 2.45) is 0 Å². The van der Waals surface area contributed by atoms with E-state index in [0.717, 1.165) is 25.9 Å². The molecule has 15 heavy (non-hydrogen) atoms. The van der Waals surface area contributed by atoms with Gasteiger partial charge in [0.1, 0.15) is 0 Å². The maximum atomic E-state index is 11.3. The molecule has 0 aromatic carbocycles. The molecule has 0 saturated carbocycles. The molecule has 0 aliphatic carbocycles. The molecule has 1 aliphatic heterocycles. The molecule has 0 radical (unpaired) electrons. The minimum Gasteiger partial charge on any atom is -0.356 e. The average molecular weight is 225 g/mol. The molecule has 2 heterocycles. The highest BCUT2D eigenvalue weighted by Gasteiger charge is 2.16. The van der Waals surface area contributed by atoms with Crippen LogP contribution >= 0.6 is 11.3 Å². The highest BCUT2D eigenvalue weighted by Crippen LogP contribution is 2.09. The molecule has 0 bridgehead atoms. The smallest absolute Gasteiger partial charge is 0.221 e. The van der Waals surface area contributed by atoms with Crippen molar-refractivity contribution in [3.8, 4) is 0 Å². The molecule has 2 rings (SSSR count). The van der Waals surface area contributed by atoms with Crippen LogP contribution in [-0.4, -0.2) is 23.5 Å². The van der Waals surface area contributed by atoms with Gasteiger partial charge < -0.3 is 10.6 Å². The van der Waals surface area contributed by atoms with Gasteiger partial charge >= 0.3 is 0 Å². The van der Waals surface area contributed by atoms with Crippen LogP contribution in [0.1, 0.15) is 24.1 Å². The Hall–Kier alpha value is -0.940. The SMILES string of the molecule is O=C1CC(NCc2cncs2)CCCN1. The number of hydrogen-bond donors (Lipinski definition) is 2. The Morgan fingerprint density at radius 2 is 2.60 bits per heavy atom. The Morgan fingerprint density at radius 1 is 1.67 bits per heavy atom. The number of rotatable bonds is 3. The third kappa shape index (κ3) is 3.28. The molecule has 2 N–H and O–H groups in total. The van der Waals surface area contributed by atoms with Crippen LogP contribution < -0.4 is 10.6 Å². The zero-order valence-electron chi connectivity index (χ0n) is 8.53. The topological polar surface area (TPSA) is 54.0 Å². The number of aromatic nitrogens is 1. The summed E-state index contributed by atoms with van der Waals surface area (Å²) in [6.45, 7) is 1.64. The van der Waals surface area contributed by atoms with Crippen molar-refractivity contribution in [3.63, 3.8) is 0 Å². The van der Waals surface area contributed by atoms with E-state index in [9.17, 15) is 4.79 Å². The van der Waals surface area contributed by atoms with Gasteiger partial charge in [0.2, 0.25) is 5.91 Å². The van der Waals surface area contributed by atoms with E-state index < -0.39 is 0 Å². The number of carbonyl (C=O) groups excluding carboxylic acids is 1. The predicted octanol–water partition coefficient (Wildman–Crippen LogP) is 0.901. The van der Waals surface area contributed by atoms with E-state index >= 15 is 0 Å². The van der Waals surface area contributed by atoms with Crippen LogP contribution in [0.25, 0.3) is 0 Å². The minimum absolute atomic E-state index is 0.161. The van der Waals surface area contributed by atoms with Gasteiger partial charge in [0, 0.05) is 36.6 Å². The first-order chi connectivity index (χ1) is 7.34. The summed E-state index contributed by atoms with van der Waals surface area (Å²) in [4.78, 5) is 16.5. The number of hydrogen-bond acceptors (Lipinski definition) is 4. The summed E-state index contributed by atoms with van der Waals surface area (Å²) in [6, 6.07) is 0.314. The van der Waals surface area contributed by atoms with Crippen molar-refractivity contribution in [2.45, 2.75) is 31.8 Å². The van der Waals surface area contributed by atoms with Gasteiger partial charge in [-0.15, -0.1) is 11.3 Å². The lowest BCUT2D eigenvalue weighted by atomic mass is 10.1. The van der Waals surface area contributed by atoms with Gasteiger partial charge in [0.15, 0.2) is 0 Å². The maximum Gasteiger partial charge on any atom is 0.221 e. The third-order valence-electron chi connectivity index (χ3n) is 2.53. The molecule has 4 nitrogen and oxygen atoms in total. The first kappa shape index (κ1) is 10.6. The fourth-order valence-electron chi connectivity index (χ4n) is 1.72. The standard InChI is InChI=1S/C10H15N3OS/c14-10-4-8(2-1-3-12-10)13-6-9-5-11-7-15-9/h5,7-8,13H,1-4,6H2,(H,12,14). The van der Waals surface area contributed by atoms with Gasteiger partial charge in [0.05, 0.1) is 5.51 Å². The molecule has 1 fully saturated rings. The Labute approximate surface area is 93.1 Å². The molecule has 1 aliphatic rings. The van der Waals surface area contributed by atoms with E-state index in [4.69, 9.17) is 0 Å². The lowest BCUT2D eigenvalue weighted by Gasteiger charge is -2.13. The molecule has 0 spiro atoms. The monoisotopic (exact) mass is 225 g/mol. The molecule has 5 heteroatoms. The normalized spacial score (nSPS) is 22.1. The predicted molar refractivity (Wildman–Crippen MR) is 59.6 cm³/mol. The van der Waals surface area contributed by atoms with E-state index in [1.165, 1.54) is 4.88 Å². The molecule has 82 valence electrons. The molecule has 1 aromatic heterocycles. The maximum absolute atomic E-state index is 11.3. The fourth-order valence-corrected chi connectivity index (χ4v) is 2.27. The van der Waals surface area contributed by atoms with Crippen LogP contribution in [0.4, 0.5) is 0 Å². The number of carbonyl (C=O) groups is 1. The zero-order chi connectivity index (χ0) is 10.5. The van der Waals surface area contributed by atoms with Crippen LogP contribution in [0.3, 0.4) is 0 Å². The number of nitrogens with one attached hydrogen (secondary N) is 2. The molecule has 1 aromatic rings. The van der Waals surface area contributed by atoms with Crippen LogP contribution in [0, 0.1) is 0 Å². The van der Waals surface area contributed by atoms with Crippen molar-refractivity contribution in [2.75, 3.05) is 6.54 Å². The summed E-state index contributed by atoms with van der Waals surface area (Å²) in [7, 11) is 0. The summed E-state index contributed by atoms with van der Waals surface area (Å²) in [6.07, 6.45) is 4.59. The second-order valence-electron chi connectivity index (χ2n) is 3.74. The van der Waals surface area contributed by atoms with Gasteiger partial charge in [-0.2, -0.15) is 0 Å². The van der Waals surface area contributed by atoms with Gasteiger partial charge in [-0.25, -0.2) is 0 Å². The summed E-state index contributed by atoms with van der Waals surface area (Å²) in [5.41, 5.74) is 1.83. The molecular formula is C10H15N3OS. The second-order valence-corrected chi connectivity index (χ2v) is 4.71. The second kappa shape index (κ2) is 5.23. The Balaban J connectivity index is 1.80. The van der Waals surface area contributed by atoms with Crippen molar-refractivity contribution in [1.29, 1.82) is 0 Å². The summed E-state index contributed by atoms with van der Waals surface area (Å²) < 4.78 is 0. The van der Waals surface area contributed by atoms with Gasteiger partial charge in [-0.3, -0.25) is 9.78 Å². The molecular weight excluding hydrogens is 210 g/mol. The number of thiazole rings is 1. The minimum atomic E-state index is 0.161. The average Bonchev–Trinajstić information content (AvgIpc) is 2.65. The van der Waals surface area contributed by atoms with Crippen LogP contribution in [-0.2, 0) is 11.3 Å². The zero-order valence-corrected chi connectivity index (χ0v) is 9.35. The van der Waals surface area contributed by atoms with Gasteiger partial charge in [-0.05, 0) is 12.8 Å². The van der Waals surface area contributed by atoms with E-state index in [1.54, 1.807) is 11.3 Å². The first-order valence-corrected chi connectivity index (χ1v) is 6.10. The fraction of sp³-hybridized carbons (Fsp3) is 0.600. The molecule has 1 atom stereocenters. The van der Waals surface area contributed by atoms with Crippen LogP contribution in [0.15, 0.2) is 11.7 Å². The van der Waals surface area contributed by atoms with E-state index in [-0.39, 0.29) is 5.91 Å². The summed E-state index contributed by atoms with van der Waals surface area (Å²) >= 11 is 1.64. The highest BCUT2D eigenvalue weighted by atomic mass is 32.1. The summed E-state index contributed by atoms with van der Waals surface area (Å²) in [5.74, 6) is 0.161. The van der Waals surface area contributed by atoms with Crippen LogP contribution in [0.2, 0.25) is 0 Å². The number of nitrogens with zero attached hydrogens (tertiary/aromatic N) is 1. The summed E-state index contributed by atoms with van der Waals surface area (Å²) in [5, 5.41) is 6.28. The van der Waals surface area contributed by atoms with Crippen molar-refractivity contribution in [3.05, 3.63) is 16.6 Å². The lowest BCUT2D eigenvalue weighted by Crippen LogP contribution is -2.31. The first-order valence-electron chi connectivity index (χ1n) is 5.22. The highest BCUT2D eigenvalue weighted by molar-refractivity contribution is 7.09. The van der Waals surface area contributed by atoms with E-state index in [2.05, 4.69) is 15.6 Å². The van der Waals surface area contributed by atoms with Crippen molar-refractivity contribution < 1.29 is 4.79 Å². The largest absolute Gasteiger partial charge is 0.356 e. The van der Waals surface area contributed by atoms with Gasteiger partial charge in [0.25, 0.3) is 0 Å².